The van der Waals surface area contributed by atoms with Crippen LogP contribution in [0.25, 0.3) is 10.2 Å². The third-order valence-electron chi connectivity index (χ3n) is 3.76. The summed E-state index contributed by atoms with van der Waals surface area (Å²) in [5.41, 5.74) is 1.99. The molecule has 0 saturated heterocycles. The molecule has 0 unspecified atom stereocenters. The number of nitrogens with one attached hydrogen (secondary N) is 1. The summed E-state index contributed by atoms with van der Waals surface area (Å²) in [6.45, 7) is 1.53. The number of rotatable bonds is 7. The Morgan fingerprint density at radius 3 is 2.71 bits per heavy atom. The van der Waals surface area contributed by atoms with E-state index in [1.807, 2.05) is 30.3 Å². The van der Waals surface area contributed by atoms with Crippen LogP contribution in [0.4, 0.5) is 5.69 Å². The second-order valence-electron chi connectivity index (χ2n) is 5.86. The zero-order chi connectivity index (χ0) is 19.9. The van der Waals surface area contributed by atoms with Crippen LogP contribution in [0.2, 0.25) is 0 Å². The van der Waals surface area contributed by atoms with Crippen LogP contribution in [-0.2, 0) is 14.3 Å². The molecule has 6 nitrogen and oxygen atoms in total. The topological polar surface area (TPSA) is 92.1 Å². The minimum atomic E-state index is -0.907. The van der Waals surface area contributed by atoms with Gasteiger partial charge in [0.25, 0.3) is 5.91 Å². The van der Waals surface area contributed by atoms with Crippen LogP contribution >= 0.6 is 23.1 Å². The Morgan fingerprint density at radius 2 is 2.00 bits per heavy atom. The number of fused-ring (bicyclic) bond motifs is 1. The van der Waals surface area contributed by atoms with E-state index in [0.29, 0.717) is 17.0 Å². The molecule has 0 radical (unpaired) electrons. The Bertz CT molecular complexity index is 992. The van der Waals surface area contributed by atoms with Crippen molar-refractivity contribution >= 4 is 50.9 Å². The minimum Gasteiger partial charge on any atom is -0.453 e. The van der Waals surface area contributed by atoms with Gasteiger partial charge in [-0.25, -0.2) is 4.98 Å². The summed E-state index contributed by atoms with van der Waals surface area (Å²) < 4.78 is 7.21. The maximum atomic E-state index is 12.1. The number of hydrogen-bond donors (Lipinski definition) is 1. The van der Waals surface area contributed by atoms with Crippen molar-refractivity contribution in [3.05, 3.63) is 54.1 Å². The second kappa shape index (κ2) is 9.35. The zero-order valence-electron chi connectivity index (χ0n) is 15.0. The number of carbonyl (C=O) groups is 2. The first-order valence-electron chi connectivity index (χ1n) is 8.54. The molecule has 1 atom stereocenters. The number of benzene rings is 2. The molecule has 1 aromatic heterocycles. The fourth-order valence-corrected chi connectivity index (χ4v) is 4.37. The SMILES string of the molecule is C[C@@H](OC(=O)CCSc1nc2ccccc2s1)C(=O)Nc1ccc(C#N)cc1. The summed E-state index contributed by atoms with van der Waals surface area (Å²) in [6.07, 6.45) is -0.717. The van der Waals surface area contributed by atoms with E-state index in [-0.39, 0.29) is 6.42 Å². The highest BCUT2D eigenvalue weighted by atomic mass is 32.2. The smallest absolute Gasteiger partial charge is 0.307 e. The molecule has 0 aliphatic carbocycles. The average Bonchev–Trinajstić information content (AvgIpc) is 3.11. The highest BCUT2D eigenvalue weighted by molar-refractivity contribution is 8.01. The first-order valence-corrected chi connectivity index (χ1v) is 10.3. The fourth-order valence-electron chi connectivity index (χ4n) is 2.32. The van der Waals surface area contributed by atoms with Gasteiger partial charge in [0, 0.05) is 11.4 Å². The summed E-state index contributed by atoms with van der Waals surface area (Å²) in [4.78, 5) is 28.6. The highest BCUT2D eigenvalue weighted by Crippen LogP contribution is 2.29. The third-order valence-corrected chi connectivity index (χ3v) is 5.95. The zero-order valence-corrected chi connectivity index (χ0v) is 16.7. The van der Waals surface area contributed by atoms with Gasteiger partial charge in [0.1, 0.15) is 0 Å². The summed E-state index contributed by atoms with van der Waals surface area (Å²) >= 11 is 3.08. The van der Waals surface area contributed by atoms with Gasteiger partial charge in [-0.3, -0.25) is 9.59 Å². The largest absolute Gasteiger partial charge is 0.453 e. The lowest BCUT2D eigenvalue weighted by molar-refractivity contribution is -0.152. The molecular formula is C20H17N3O3S2. The number of anilines is 1. The standard InChI is InChI=1S/C20H17N3O3S2/c1-13(19(25)22-15-8-6-14(12-21)7-9-15)26-18(24)10-11-27-20-23-16-4-2-3-5-17(16)28-20/h2-9,13H,10-11H2,1H3,(H,22,25)/t13-/m1/s1. The number of carbonyl (C=O) groups excluding carboxylic acids is 2. The van der Waals surface area contributed by atoms with E-state index in [4.69, 9.17) is 10.00 Å². The van der Waals surface area contributed by atoms with Crippen molar-refractivity contribution in [3.8, 4) is 6.07 Å². The first-order chi connectivity index (χ1) is 13.5. The number of nitriles is 1. The lowest BCUT2D eigenvalue weighted by Gasteiger charge is -2.13. The molecule has 1 amide bonds. The summed E-state index contributed by atoms with van der Waals surface area (Å²) in [7, 11) is 0. The van der Waals surface area contributed by atoms with Crippen LogP contribution in [0.15, 0.2) is 52.9 Å². The fraction of sp³-hybridized carbons (Fsp3) is 0.200. The van der Waals surface area contributed by atoms with E-state index in [9.17, 15) is 9.59 Å². The lowest BCUT2D eigenvalue weighted by atomic mass is 10.2. The molecular weight excluding hydrogens is 394 g/mol. The summed E-state index contributed by atoms with van der Waals surface area (Å²) in [5, 5.41) is 11.4. The first kappa shape index (κ1) is 19.9. The van der Waals surface area contributed by atoms with Crippen molar-refractivity contribution in [1.29, 1.82) is 5.26 Å². The molecule has 0 saturated carbocycles. The molecule has 3 rings (SSSR count). The molecule has 0 fully saturated rings. The van der Waals surface area contributed by atoms with Gasteiger partial charge in [-0.05, 0) is 43.3 Å². The van der Waals surface area contributed by atoms with Gasteiger partial charge >= 0.3 is 5.97 Å². The molecule has 0 aliphatic rings. The van der Waals surface area contributed by atoms with Crippen LogP contribution in [0, 0.1) is 11.3 Å². The number of nitrogens with zero attached hydrogens (tertiary/aromatic N) is 2. The third kappa shape index (κ3) is 5.31. The maximum absolute atomic E-state index is 12.1. The van der Waals surface area contributed by atoms with Crippen molar-refractivity contribution < 1.29 is 14.3 Å². The molecule has 0 bridgehead atoms. The molecule has 8 heteroatoms. The van der Waals surface area contributed by atoms with Gasteiger partial charge < -0.3 is 10.1 Å². The minimum absolute atomic E-state index is 0.190. The van der Waals surface area contributed by atoms with Gasteiger partial charge in [0.2, 0.25) is 0 Å². The molecule has 28 heavy (non-hydrogen) atoms. The molecule has 142 valence electrons. The Balaban J connectivity index is 1.42. The molecule has 2 aromatic carbocycles. The normalized spacial score (nSPS) is 11.6. The number of hydrogen-bond acceptors (Lipinski definition) is 7. The van der Waals surface area contributed by atoms with Gasteiger partial charge in [0.05, 0.1) is 28.3 Å². The Hall–Kier alpha value is -2.89. The van der Waals surface area contributed by atoms with Crippen LogP contribution in [-0.4, -0.2) is 28.7 Å². The van der Waals surface area contributed by atoms with Crippen molar-refractivity contribution in [3.63, 3.8) is 0 Å². The molecule has 3 aromatic rings. The molecule has 1 N–H and O–H groups in total. The van der Waals surface area contributed by atoms with Crippen molar-refractivity contribution in [2.24, 2.45) is 0 Å². The van der Waals surface area contributed by atoms with Crippen molar-refractivity contribution in [2.75, 3.05) is 11.1 Å². The van der Waals surface area contributed by atoms with Crippen LogP contribution in [0.5, 0.6) is 0 Å². The number of thioether (sulfide) groups is 1. The van der Waals surface area contributed by atoms with E-state index in [1.165, 1.54) is 18.7 Å². The van der Waals surface area contributed by atoms with Gasteiger partial charge in [-0.1, -0.05) is 23.9 Å². The number of amides is 1. The molecule has 0 aliphatic heterocycles. The van der Waals surface area contributed by atoms with E-state index < -0.39 is 18.0 Å². The van der Waals surface area contributed by atoms with Gasteiger partial charge in [-0.15, -0.1) is 11.3 Å². The number of esters is 1. The Labute approximate surface area is 170 Å². The number of thiazole rings is 1. The van der Waals surface area contributed by atoms with E-state index >= 15 is 0 Å². The number of aromatic nitrogens is 1. The Morgan fingerprint density at radius 1 is 1.25 bits per heavy atom. The van der Waals surface area contributed by atoms with Crippen molar-refractivity contribution in [1.82, 2.24) is 4.98 Å². The van der Waals surface area contributed by atoms with E-state index in [0.717, 1.165) is 14.6 Å². The quantitative estimate of drug-likeness (QED) is 0.462. The van der Waals surface area contributed by atoms with Gasteiger partial charge in [-0.2, -0.15) is 5.26 Å². The number of para-hydroxylation sites is 1. The summed E-state index contributed by atoms with van der Waals surface area (Å²) in [5.74, 6) is -0.323. The Kier molecular flexibility index (Phi) is 6.63. The van der Waals surface area contributed by atoms with Gasteiger partial charge in [0.15, 0.2) is 10.4 Å². The predicted octanol–water partition coefficient (Wildman–Crippen LogP) is 4.22. The number of ether oxygens (including phenoxy) is 1. The van der Waals surface area contributed by atoms with E-state index in [2.05, 4.69) is 10.3 Å². The van der Waals surface area contributed by atoms with Crippen LogP contribution in [0.1, 0.15) is 18.9 Å². The van der Waals surface area contributed by atoms with Crippen LogP contribution in [0.3, 0.4) is 0 Å². The molecule has 1 heterocycles. The monoisotopic (exact) mass is 411 g/mol. The highest BCUT2D eigenvalue weighted by Gasteiger charge is 2.18. The predicted molar refractivity (Wildman–Crippen MR) is 110 cm³/mol. The lowest BCUT2D eigenvalue weighted by Crippen LogP contribution is -2.30. The maximum Gasteiger partial charge on any atom is 0.307 e. The average molecular weight is 412 g/mol. The van der Waals surface area contributed by atoms with Crippen molar-refractivity contribution in [2.45, 2.75) is 23.8 Å². The van der Waals surface area contributed by atoms with Crippen LogP contribution < -0.4 is 5.32 Å². The molecule has 0 spiro atoms. The second-order valence-corrected chi connectivity index (χ2v) is 8.23. The van der Waals surface area contributed by atoms with E-state index in [1.54, 1.807) is 35.6 Å². The summed E-state index contributed by atoms with van der Waals surface area (Å²) in [6, 6.07) is 16.3.